The third-order valence-corrected chi connectivity index (χ3v) is 7.13. The van der Waals surface area contributed by atoms with Gasteiger partial charge in [0.05, 0.1) is 18.8 Å². The van der Waals surface area contributed by atoms with Gasteiger partial charge in [0.1, 0.15) is 5.82 Å². The molecule has 2 N–H and O–H groups in total. The zero-order valence-corrected chi connectivity index (χ0v) is 21.4. The Balaban J connectivity index is 1.35. The molecule has 0 aliphatic carbocycles. The van der Waals surface area contributed by atoms with Gasteiger partial charge < -0.3 is 15.4 Å². The summed E-state index contributed by atoms with van der Waals surface area (Å²) in [7, 11) is 0. The fourth-order valence-corrected chi connectivity index (χ4v) is 5.06. The number of nitrogens with zero attached hydrogens (tertiary/aromatic N) is 3. The highest BCUT2D eigenvalue weighted by Gasteiger charge is 2.33. The van der Waals surface area contributed by atoms with Gasteiger partial charge in [-0.05, 0) is 60.7 Å². The number of anilines is 2. The van der Waals surface area contributed by atoms with Crippen LogP contribution in [-0.4, -0.2) is 41.3 Å². The summed E-state index contributed by atoms with van der Waals surface area (Å²) in [5.74, 6) is -0.400. The number of unbranched alkanes of at least 4 members (excludes halogenated alkanes) is 1. The zero-order chi connectivity index (χ0) is 25.8. The number of hydrogen-bond acceptors (Lipinski definition) is 6. The number of ether oxygens (including phenoxy) is 1. The van der Waals surface area contributed by atoms with Crippen molar-refractivity contribution in [1.29, 1.82) is 0 Å². The number of pyridine rings is 1. The van der Waals surface area contributed by atoms with Crippen LogP contribution in [0.4, 0.5) is 11.5 Å². The highest BCUT2D eigenvalue weighted by Crippen LogP contribution is 2.34. The highest BCUT2D eigenvalue weighted by molar-refractivity contribution is 6.43. The van der Waals surface area contributed by atoms with Crippen LogP contribution < -0.4 is 15.4 Å². The van der Waals surface area contributed by atoms with E-state index in [1.807, 2.05) is 12.1 Å². The van der Waals surface area contributed by atoms with E-state index in [1.54, 1.807) is 6.07 Å². The number of ketones is 1. The molecule has 0 saturated carbocycles. The van der Waals surface area contributed by atoms with Crippen LogP contribution in [0.1, 0.15) is 49.3 Å². The molecule has 0 spiro atoms. The molecule has 3 aromatic rings. The number of Topliss-reactive ketones (excluding diaryl/α,β-unsaturated/α-hetero) is 1. The molecule has 0 atom stereocenters. The summed E-state index contributed by atoms with van der Waals surface area (Å²) in [5.41, 5.74) is 11.9. The molecule has 1 fully saturated rings. The lowest BCUT2D eigenvalue weighted by molar-refractivity contribution is -0.136. The van der Waals surface area contributed by atoms with Gasteiger partial charge in [-0.1, -0.05) is 55.8 Å². The minimum absolute atomic E-state index is 0.0363. The van der Waals surface area contributed by atoms with Gasteiger partial charge in [-0.3, -0.25) is 14.5 Å². The van der Waals surface area contributed by atoms with E-state index in [0.29, 0.717) is 23.7 Å². The molecule has 2 aliphatic rings. The van der Waals surface area contributed by atoms with Crippen molar-refractivity contribution in [3.8, 4) is 17.0 Å². The van der Waals surface area contributed by atoms with E-state index < -0.39 is 11.7 Å². The maximum Gasteiger partial charge on any atom is 0.295 e. The molecule has 2 aliphatic heterocycles. The molecule has 1 saturated heterocycles. The maximum atomic E-state index is 12.9. The second-order valence-corrected chi connectivity index (χ2v) is 9.92. The number of carbonyl (C=O) groups excluding carboxylic acids is 2. The maximum absolute atomic E-state index is 12.9. The van der Waals surface area contributed by atoms with E-state index in [2.05, 4.69) is 53.2 Å². The smallest absolute Gasteiger partial charge is 0.295 e. The fraction of sp³-hybridized carbons (Fsp3) is 0.367. The summed E-state index contributed by atoms with van der Waals surface area (Å²) in [6, 6.07) is 18.6. The summed E-state index contributed by atoms with van der Waals surface area (Å²) in [6.45, 7) is 6.21. The van der Waals surface area contributed by atoms with Gasteiger partial charge >= 0.3 is 0 Å². The topological polar surface area (TPSA) is 88.8 Å². The van der Waals surface area contributed by atoms with Crippen LogP contribution in [0.25, 0.3) is 11.1 Å². The minimum Gasteiger partial charge on any atom is -0.478 e. The molecule has 3 heterocycles. The normalized spacial score (nSPS) is 15.8. The Bertz CT molecular complexity index is 1280. The number of nitrogens with two attached hydrogens (primary N) is 1. The van der Waals surface area contributed by atoms with E-state index in [-0.39, 0.29) is 18.8 Å². The molecule has 37 heavy (non-hydrogen) atoms. The van der Waals surface area contributed by atoms with Crippen LogP contribution in [0.15, 0.2) is 54.6 Å². The van der Waals surface area contributed by atoms with Gasteiger partial charge in [-0.25, -0.2) is 0 Å². The summed E-state index contributed by atoms with van der Waals surface area (Å²) in [4.78, 5) is 33.7. The summed E-state index contributed by atoms with van der Waals surface area (Å²) >= 11 is 0. The van der Waals surface area contributed by atoms with Crippen molar-refractivity contribution in [3.63, 3.8) is 0 Å². The number of rotatable bonds is 9. The van der Waals surface area contributed by atoms with Gasteiger partial charge in [0.2, 0.25) is 11.7 Å². The number of likely N-dealkylation sites (tertiary alicyclic amines) is 1. The molecule has 1 amide bonds. The van der Waals surface area contributed by atoms with Crippen LogP contribution in [0.2, 0.25) is 0 Å². The summed E-state index contributed by atoms with van der Waals surface area (Å²) < 4.78 is 5.75. The molecule has 0 unspecified atom stereocenters. The zero-order valence-electron chi connectivity index (χ0n) is 21.4. The van der Waals surface area contributed by atoms with Crippen molar-refractivity contribution in [3.05, 3.63) is 71.3 Å². The van der Waals surface area contributed by atoms with Crippen molar-refractivity contribution in [1.82, 2.24) is 9.88 Å². The van der Waals surface area contributed by atoms with E-state index in [4.69, 9.17) is 10.5 Å². The average molecular weight is 499 g/mol. The lowest BCUT2D eigenvalue weighted by Gasteiger charge is -2.29. The Morgan fingerprint density at radius 1 is 0.946 bits per heavy atom. The Morgan fingerprint density at radius 3 is 2.49 bits per heavy atom. The molecular formula is C30H34N4O3. The Hall–Kier alpha value is -3.71. The lowest BCUT2D eigenvalue weighted by atomic mass is 9.99. The largest absolute Gasteiger partial charge is 0.478 e. The van der Waals surface area contributed by atoms with Gasteiger partial charge in [0.15, 0.2) is 0 Å². The number of fused-ring (bicyclic) bond motifs is 1. The number of benzene rings is 2. The average Bonchev–Trinajstić information content (AvgIpc) is 3.41. The Labute approximate surface area is 218 Å². The highest BCUT2D eigenvalue weighted by atomic mass is 16.5. The van der Waals surface area contributed by atoms with E-state index in [0.717, 1.165) is 30.5 Å². The predicted octanol–water partition coefficient (Wildman–Crippen LogP) is 4.76. The van der Waals surface area contributed by atoms with Gasteiger partial charge in [0.25, 0.3) is 5.91 Å². The third-order valence-electron chi connectivity index (χ3n) is 7.13. The van der Waals surface area contributed by atoms with Gasteiger partial charge in [-0.2, -0.15) is 4.98 Å². The van der Waals surface area contributed by atoms with E-state index >= 15 is 0 Å². The van der Waals surface area contributed by atoms with Crippen molar-refractivity contribution in [2.75, 3.05) is 30.3 Å². The Morgan fingerprint density at radius 2 is 1.73 bits per heavy atom. The molecule has 1 aromatic heterocycles. The SMILES string of the molecule is CCCCOc1cc2c(c(N)n1)CC(=O)C(=O)N2Cc1ccc(-c2cccc(CN3CCCC3)c2)cc1. The first-order valence-corrected chi connectivity index (χ1v) is 13.2. The number of hydrogen-bond donors (Lipinski definition) is 1. The molecule has 0 radical (unpaired) electrons. The van der Waals surface area contributed by atoms with Crippen LogP contribution in [0, 0.1) is 0 Å². The Kier molecular flexibility index (Phi) is 7.51. The predicted molar refractivity (Wildman–Crippen MR) is 145 cm³/mol. The first kappa shape index (κ1) is 25.0. The molecule has 2 aromatic carbocycles. The third kappa shape index (κ3) is 5.67. The molecule has 0 bridgehead atoms. The molecule has 7 nitrogen and oxygen atoms in total. The number of amides is 1. The van der Waals surface area contributed by atoms with Crippen LogP contribution >= 0.6 is 0 Å². The molecule has 5 rings (SSSR count). The van der Waals surface area contributed by atoms with Gasteiger partial charge in [0, 0.05) is 24.6 Å². The molecule has 7 heteroatoms. The standard InChI is InChI=1S/C30H34N4O3/c1-2-3-15-37-28-18-26-25(29(31)32-28)17-27(35)30(36)34(26)20-21-9-11-23(12-10-21)24-8-6-7-22(16-24)19-33-13-4-5-14-33/h6-12,16,18H,2-5,13-15,17,19-20H2,1H3,(H2,31,32). The van der Waals surface area contributed by atoms with Crippen LogP contribution in [0.5, 0.6) is 5.88 Å². The van der Waals surface area contributed by atoms with Crippen LogP contribution in [0.3, 0.4) is 0 Å². The fourth-order valence-electron chi connectivity index (χ4n) is 5.06. The second-order valence-electron chi connectivity index (χ2n) is 9.92. The molecular weight excluding hydrogens is 464 g/mol. The summed E-state index contributed by atoms with van der Waals surface area (Å²) in [5, 5.41) is 0. The summed E-state index contributed by atoms with van der Waals surface area (Å²) in [6.07, 6.45) is 4.43. The number of carbonyl (C=O) groups is 2. The molecule has 192 valence electrons. The second kappa shape index (κ2) is 11.1. The first-order valence-electron chi connectivity index (χ1n) is 13.2. The van der Waals surface area contributed by atoms with Gasteiger partial charge in [-0.15, -0.1) is 0 Å². The number of nitrogen functional groups attached to an aromatic ring is 1. The van der Waals surface area contributed by atoms with Crippen LogP contribution in [-0.2, 0) is 29.1 Å². The first-order chi connectivity index (χ1) is 18.0. The minimum atomic E-state index is -0.531. The van der Waals surface area contributed by atoms with Crippen molar-refractivity contribution >= 4 is 23.2 Å². The number of aromatic nitrogens is 1. The van der Waals surface area contributed by atoms with Crippen molar-refractivity contribution in [2.45, 2.75) is 52.1 Å². The lowest BCUT2D eigenvalue weighted by Crippen LogP contribution is -2.41. The van der Waals surface area contributed by atoms with E-state index in [9.17, 15) is 9.59 Å². The van der Waals surface area contributed by atoms with Crippen molar-refractivity contribution < 1.29 is 14.3 Å². The van der Waals surface area contributed by atoms with Crippen molar-refractivity contribution in [2.24, 2.45) is 0 Å². The van der Waals surface area contributed by atoms with E-state index in [1.165, 1.54) is 42.0 Å². The quantitative estimate of drug-likeness (QED) is 0.338. The monoisotopic (exact) mass is 498 g/mol.